The molecular weight excluding hydrogens is 322 g/mol. The zero-order valence-corrected chi connectivity index (χ0v) is 15.9. The number of carbonyl (C=O) groups excluding carboxylic acids is 1. The maximum Gasteiger partial charge on any atom is 0.272 e. The van der Waals surface area contributed by atoms with Crippen molar-refractivity contribution in [1.29, 1.82) is 0 Å². The smallest absolute Gasteiger partial charge is 0.272 e. The minimum Gasteiger partial charge on any atom is -0.364 e. The van der Waals surface area contributed by atoms with Crippen molar-refractivity contribution in [3.8, 4) is 0 Å². The summed E-state index contributed by atoms with van der Waals surface area (Å²) >= 11 is 0. The van der Waals surface area contributed by atoms with Gasteiger partial charge in [-0.15, -0.1) is 0 Å². The first-order valence-corrected chi connectivity index (χ1v) is 9.71. The lowest BCUT2D eigenvalue weighted by Gasteiger charge is -2.29. The molecule has 1 amide bonds. The van der Waals surface area contributed by atoms with Gasteiger partial charge >= 0.3 is 0 Å². The topological polar surface area (TPSA) is 36.4 Å². The standard InChI is InChI=1S/C22H29N3O/c1-18(2)25(17-19-10-6-5-7-11-19)20-12-13-21(23-16-20)22(26)24-14-8-3-4-9-15-24/h5-7,10-13,16,18H,3-4,8-9,14-15,17H2,1-2H3. The number of carbonyl (C=O) groups is 1. The highest BCUT2D eigenvalue weighted by molar-refractivity contribution is 5.92. The van der Waals surface area contributed by atoms with Crippen LogP contribution in [0.25, 0.3) is 0 Å². The number of benzene rings is 1. The second-order valence-corrected chi connectivity index (χ2v) is 7.32. The molecular formula is C22H29N3O. The van der Waals surface area contributed by atoms with E-state index in [1.54, 1.807) is 0 Å². The monoisotopic (exact) mass is 351 g/mol. The number of pyridine rings is 1. The molecule has 4 heteroatoms. The van der Waals surface area contributed by atoms with Gasteiger partial charge in [-0.05, 0) is 44.4 Å². The van der Waals surface area contributed by atoms with Crippen LogP contribution in [0, 0.1) is 0 Å². The van der Waals surface area contributed by atoms with Crippen LogP contribution in [0.2, 0.25) is 0 Å². The van der Waals surface area contributed by atoms with Crippen molar-refractivity contribution in [2.75, 3.05) is 18.0 Å². The number of amides is 1. The Morgan fingerprint density at radius 1 is 1.04 bits per heavy atom. The normalized spacial score (nSPS) is 15.0. The maximum atomic E-state index is 12.7. The molecule has 2 aromatic rings. The van der Waals surface area contributed by atoms with Crippen molar-refractivity contribution in [3.63, 3.8) is 0 Å². The van der Waals surface area contributed by atoms with Gasteiger partial charge in [0.05, 0.1) is 11.9 Å². The minimum atomic E-state index is 0.0672. The van der Waals surface area contributed by atoms with Gasteiger partial charge in [0.1, 0.15) is 5.69 Å². The van der Waals surface area contributed by atoms with E-state index in [-0.39, 0.29) is 5.91 Å². The van der Waals surface area contributed by atoms with Crippen LogP contribution in [0.3, 0.4) is 0 Å². The first-order chi connectivity index (χ1) is 12.6. The SMILES string of the molecule is CC(C)N(Cc1ccccc1)c1ccc(C(=O)N2CCCCCC2)nc1. The molecule has 1 aromatic heterocycles. The predicted molar refractivity (Wildman–Crippen MR) is 106 cm³/mol. The molecule has 2 heterocycles. The molecule has 0 bridgehead atoms. The molecule has 0 aliphatic carbocycles. The van der Waals surface area contributed by atoms with Crippen molar-refractivity contribution in [3.05, 3.63) is 59.9 Å². The minimum absolute atomic E-state index is 0.0672. The van der Waals surface area contributed by atoms with Crippen LogP contribution in [0.4, 0.5) is 5.69 Å². The fourth-order valence-corrected chi connectivity index (χ4v) is 3.47. The molecule has 3 rings (SSSR count). The number of hydrogen-bond donors (Lipinski definition) is 0. The molecule has 0 radical (unpaired) electrons. The Balaban J connectivity index is 1.73. The first-order valence-electron chi connectivity index (χ1n) is 9.71. The summed E-state index contributed by atoms with van der Waals surface area (Å²) < 4.78 is 0. The number of rotatable bonds is 5. The third-order valence-electron chi connectivity index (χ3n) is 5.01. The number of nitrogens with zero attached hydrogens (tertiary/aromatic N) is 3. The molecule has 1 aromatic carbocycles. The quantitative estimate of drug-likeness (QED) is 0.795. The number of hydrogen-bond acceptors (Lipinski definition) is 3. The van der Waals surface area contributed by atoms with Crippen LogP contribution in [-0.2, 0) is 6.54 Å². The number of likely N-dealkylation sites (tertiary alicyclic amines) is 1. The lowest BCUT2D eigenvalue weighted by molar-refractivity contribution is 0.0756. The van der Waals surface area contributed by atoms with Crippen LogP contribution >= 0.6 is 0 Å². The van der Waals surface area contributed by atoms with Crippen molar-refractivity contribution in [1.82, 2.24) is 9.88 Å². The van der Waals surface area contributed by atoms with E-state index in [4.69, 9.17) is 0 Å². The second-order valence-electron chi connectivity index (χ2n) is 7.32. The van der Waals surface area contributed by atoms with Gasteiger partial charge in [-0.3, -0.25) is 4.79 Å². The number of aromatic nitrogens is 1. The van der Waals surface area contributed by atoms with Crippen molar-refractivity contribution >= 4 is 11.6 Å². The molecule has 0 saturated carbocycles. The second kappa shape index (κ2) is 8.84. The summed E-state index contributed by atoms with van der Waals surface area (Å²) in [6.45, 7) is 6.90. The predicted octanol–water partition coefficient (Wildman–Crippen LogP) is 4.51. The zero-order chi connectivity index (χ0) is 18.4. The van der Waals surface area contributed by atoms with E-state index in [0.29, 0.717) is 11.7 Å². The largest absolute Gasteiger partial charge is 0.364 e. The Bertz CT molecular complexity index is 689. The average molecular weight is 351 g/mol. The fourth-order valence-electron chi connectivity index (χ4n) is 3.47. The van der Waals surface area contributed by atoms with Gasteiger partial charge in [0, 0.05) is 25.7 Å². The van der Waals surface area contributed by atoms with Gasteiger partial charge in [0.25, 0.3) is 5.91 Å². The van der Waals surface area contributed by atoms with Gasteiger partial charge in [-0.1, -0.05) is 43.2 Å². The van der Waals surface area contributed by atoms with Crippen molar-refractivity contribution in [2.24, 2.45) is 0 Å². The van der Waals surface area contributed by atoms with Gasteiger partial charge in [0.2, 0.25) is 0 Å². The summed E-state index contributed by atoms with van der Waals surface area (Å²) in [5.74, 6) is 0.0672. The number of anilines is 1. The summed E-state index contributed by atoms with van der Waals surface area (Å²) in [5.41, 5.74) is 2.88. The van der Waals surface area contributed by atoms with Crippen LogP contribution < -0.4 is 4.90 Å². The van der Waals surface area contributed by atoms with E-state index < -0.39 is 0 Å². The molecule has 1 saturated heterocycles. The van der Waals surface area contributed by atoms with E-state index in [1.807, 2.05) is 29.3 Å². The molecule has 1 aliphatic rings. The molecule has 0 atom stereocenters. The highest BCUT2D eigenvalue weighted by Gasteiger charge is 2.19. The summed E-state index contributed by atoms with van der Waals surface area (Å²) in [6.07, 6.45) is 6.48. The highest BCUT2D eigenvalue weighted by atomic mass is 16.2. The van der Waals surface area contributed by atoms with Gasteiger partial charge in [-0.25, -0.2) is 4.98 Å². The zero-order valence-electron chi connectivity index (χ0n) is 15.9. The van der Waals surface area contributed by atoms with Crippen LogP contribution in [0.15, 0.2) is 48.7 Å². The Labute approximate surface area is 156 Å². The third-order valence-corrected chi connectivity index (χ3v) is 5.01. The lowest BCUT2D eigenvalue weighted by atomic mass is 10.1. The van der Waals surface area contributed by atoms with Gasteiger partial charge < -0.3 is 9.80 Å². The highest BCUT2D eigenvalue weighted by Crippen LogP contribution is 2.20. The fraction of sp³-hybridized carbons (Fsp3) is 0.455. The van der Waals surface area contributed by atoms with E-state index in [9.17, 15) is 4.79 Å². The molecule has 0 unspecified atom stereocenters. The molecule has 1 fully saturated rings. The first kappa shape index (κ1) is 18.4. The Morgan fingerprint density at radius 2 is 1.73 bits per heavy atom. The molecule has 1 aliphatic heterocycles. The van der Waals surface area contributed by atoms with E-state index in [1.165, 1.54) is 18.4 Å². The van der Waals surface area contributed by atoms with Crippen LogP contribution in [0.5, 0.6) is 0 Å². The van der Waals surface area contributed by atoms with Crippen molar-refractivity contribution in [2.45, 2.75) is 52.1 Å². The lowest BCUT2D eigenvalue weighted by Crippen LogP contribution is -2.33. The van der Waals surface area contributed by atoms with E-state index in [0.717, 1.165) is 38.2 Å². The third kappa shape index (κ3) is 4.63. The molecule has 0 N–H and O–H groups in total. The summed E-state index contributed by atoms with van der Waals surface area (Å²) in [4.78, 5) is 21.5. The molecule has 26 heavy (non-hydrogen) atoms. The molecule has 138 valence electrons. The average Bonchev–Trinajstić information content (AvgIpc) is 2.96. The van der Waals surface area contributed by atoms with E-state index in [2.05, 4.69) is 48.0 Å². The Kier molecular flexibility index (Phi) is 6.26. The molecule has 4 nitrogen and oxygen atoms in total. The Hall–Kier alpha value is -2.36. The van der Waals surface area contributed by atoms with Crippen LogP contribution in [0.1, 0.15) is 55.6 Å². The van der Waals surface area contributed by atoms with E-state index >= 15 is 0 Å². The van der Waals surface area contributed by atoms with Gasteiger partial charge in [-0.2, -0.15) is 0 Å². The summed E-state index contributed by atoms with van der Waals surface area (Å²) in [5, 5.41) is 0. The summed E-state index contributed by atoms with van der Waals surface area (Å²) in [6, 6.07) is 14.7. The van der Waals surface area contributed by atoms with Crippen LogP contribution in [-0.4, -0.2) is 34.9 Å². The Morgan fingerprint density at radius 3 is 2.31 bits per heavy atom. The summed E-state index contributed by atoms with van der Waals surface area (Å²) in [7, 11) is 0. The van der Waals surface area contributed by atoms with Gasteiger partial charge in [0.15, 0.2) is 0 Å². The van der Waals surface area contributed by atoms with Crippen molar-refractivity contribution < 1.29 is 4.79 Å². The molecule has 0 spiro atoms. The maximum absolute atomic E-state index is 12.7.